The minimum atomic E-state index is 0. The fourth-order valence-corrected chi connectivity index (χ4v) is 5.34. The number of carbonyl (C=O) groups is 1. The Balaban J connectivity index is 0.000000223. The zero-order valence-electron chi connectivity index (χ0n) is 21.5. The SMILES string of the molecule is Cc1[c-]c(-c2ncc(C)c3cc(C(C)C)ccc23)cc(C)c1.O=C1CCCC2CCCC(O)=C12.[Ir]. The first kappa shape index (κ1) is 27.3. The summed E-state index contributed by atoms with van der Waals surface area (Å²) in [6, 6.07) is 14.5. The van der Waals surface area contributed by atoms with Crippen LogP contribution in [0.4, 0.5) is 0 Å². The van der Waals surface area contributed by atoms with Gasteiger partial charge in [0.15, 0.2) is 5.78 Å². The van der Waals surface area contributed by atoms with Crippen LogP contribution in [0.25, 0.3) is 22.0 Å². The van der Waals surface area contributed by atoms with Crippen molar-refractivity contribution in [2.75, 3.05) is 0 Å². The number of allylic oxidation sites excluding steroid dienone is 2. The number of aryl methyl sites for hydroxylation is 3. The van der Waals surface area contributed by atoms with Crippen molar-refractivity contribution in [2.24, 2.45) is 5.92 Å². The minimum Gasteiger partial charge on any atom is -0.512 e. The first-order chi connectivity index (χ1) is 16.2. The van der Waals surface area contributed by atoms with Crippen molar-refractivity contribution in [1.82, 2.24) is 4.98 Å². The van der Waals surface area contributed by atoms with Gasteiger partial charge in [0.05, 0.1) is 5.76 Å². The second kappa shape index (κ2) is 11.6. The van der Waals surface area contributed by atoms with Crippen LogP contribution in [-0.4, -0.2) is 15.9 Å². The van der Waals surface area contributed by atoms with Gasteiger partial charge in [-0.3, -0.25) is 4.79 Å². The molecule has 2 aliphatic carbocycles. The van der Waals surface area contributed by atoms with Crippen LogP contribution in [0.3, 0.4) is 0 Å². The Labute approximate surface area is 223 Å². The number of benzene rings is 2. The van der Waals surface area contributed by atoms with E-state index in [9.17, 15) is 9.90 Å². The second-order valence-electron chi connectivity index (χ2n) is 10.3. The van der Waals surface area contributed by atoms with E-state index in [2.05, 4.69) is 71.0 Å². The third kappa shape index (κ3) is 6.10. The van der Waals surface area contributed by atoms with Crippen molar-refractivity contribution in [3.63, 3.8) is 0 Å². The molecule has 1 atom stereocenters. The molecule has 0 amide bonds. The zero-order valence-corrected chi connectivity index (χ0v) is 23.9. The number of ketones is 1. The van der Waals surface area contributed by atoms with E-state index in [0.29, 0.717) is 24.0 Å². The Morgan fingerprint density at radius 1 is 1.00 bits per heavy atom. The molecule has 1 unspecified atom stereocenters. The smallest absolute Gasteiger partial charge is 0.162 e. The molecule has 1 aromatic heterocycles. The Kier molecular flexibility index (Phi) is 9.07. The molecule has 3 nitrogen and oxygen atoms in total. The van der Waals surface area contributed by atoms with Crippen LogP contribution < -0.4 is 0 Å². The van der Waals surface area contributed by atoms with Gasteiger partial charge in [-0.2, -0.15) is 0 Å². The third-order valence-electron chi connectivity index (χ3n) is 7.12. The molecule has 0 spiro atoms. The Morgan fingerprint density at radius 3 is 2.37 bits per heavy atom. The number of nitrogens with zero attached hydrogens (tertiary/aromatic N) is 1. The summed E-state index contributed by atoms with van der Waals surface area (Å²) in [5.41, 5.74) is 7.89. The largest absolute Gasteiger partial charge is 0.512 e. The molecule has 0 saturated heterocycles. The molecule has 1 N–H and O–H groups in total. The van der Waals surface area contributed by atoms with Gasteiger partial charge in [0, 0.05) is 44.7 Å². The first-order valence-electron chi connectivity index (χ1n) is 12.6. The number of pyridine rings is 1. The van der Waals surface area contributed by atoms with E-state index in [0.717, 1.165) is 54.5 Å². The number of aromatic nitrogens is 1. The summed E-state index contributed by atoms with van der Waals surface area (Å²) < 4.78 is 0. The van der Waals surface area contributed by atoms with E-state index >= 15 is 0 Å². The van der Waals surface area contributed by atoms with Crippen LogP contribution in [0, 0.1) is 32.8 Å². The quantitative estimate of drug-likeness (QED) is 0.287. The van der Waals surface area contributed by atoms with Crippen molar-refractivity contribution in [3.8, 4) is 11.3 Å². The van der Waals surface area contributed by atoms with Gasteiger partial charge in [0.25, 0.3) is 0 Å². The fraction of sp³-hybridized carbons (Fsp3) is 0.419. The first-order valence-corrected chi connectivity index (χ1v) is 12.6. The maximum absolute atomic E-state index is 11.4. The van der Waals surface area contributed by atoms with E-state index in [1.54, 1.807) is 0 Å². The van der Waals surface area contributed by atoms with Crippen LogP contribution in [0.1, 0.15) is 80.5 Å². The van der Waals surface area contributed by atoms with Crippen molar-refractivity contribution >= 4 is 16.6 Å². The monoisotopic (exact) mass is 647 g/mol. The maximum atomic E-state index is 11.4. The second-order valence-corrected chi connectivity index (χ2v) is 10.3. The van der Waals surface area contributed by atoms with Crippen LogP contribution in [0.2, 0.25) is 0 Å². The fourth-order valence-electron chi connectivity index (χ4n) is 5.34. The van der Waals surface area contributed by atoms with Gasteiger partial charge in [-0.1, -0.05) is 45.9 Å². The number of hydrogen-bond acceptors (Lipinski definition) is 3. The molecular weight excluding hydrogens is 611 g/mol. The van der Waals surface area contributed by atoms with Gasteiger partial charge in [-0.15, -0.1) is 34.9 Å². The molecule has 0 aliphatic heterocycles. The number of Topliss-reactive ketones (excluding diaryl/α,β-unsaturated/α-hetero) is 1. The Bertz CT molecular complexity index is 1240. The summed E-state index contributed by atoms with van der Waals surface area (Å²) in [4.78, 5) is 16.1. The molecule has 1 heterocycles. The number of carbonyl (C=O) groups excluding carboxylic acids is 1. The molecule has 0 bridgehead atoms. The molecule has 1 radical (unpaired) electrons. The molecule has 2 aromatic carbocycles. The molecule has 1 fully saturated rings. The van der Waals surface area contributed by atoms with Gasteiger partial charge in [-0.05, 0) is 72.0 Å². The minimum absolute atomic E-state index is 0. The van der Waals surface area contributed by atoms with E-state index < -0.39 is 0 Å². The summed E-state index contributed by atoms with van der Waals surface area (Å²) in [5.74, 6) is 1.51. The Morgan fingerprint density at radius 2 is 1.71 bits per heavy atom. The normalized spacial score (nSPS) is 17.5. The van der Waals surface area contributed by atoms with Gasteiger partial charge >= 0.3 is 0 Å². The molecular formula is C31H36IrNO2-. The van der Waals surface area contributed by atoms with Gasteiger partial charge in [-0.25, -0.2) is 0 Å². The Hall–Kier alpha value is -2.29. The maximum Gasteiger partial charge on any atom is 0.162 e. The van der Waals surface area contributed by atoms with Gasteiger partial charge in [0.1, 0.15) is 0 Å². The molecule has 5 rings (SSSR count). The average Bonchev–Trinajstić information content (AvgIpc) is 2.79. The van der Waals surface area contributed by atoms with Crippen molar-refractivity contribution < 1.29 is 30.0 Å². The summed E-state index contributed by atoms with van der Waals surface area (Å²) >= 11 is 0. The topological polar surface area (TPSA) is 50.2 Å². The van der Waals surface area contributed by atoms with E-state index in [1.165, 1.54) is 27.5 Å². The third-order valence-corrected chi connectivity index (χ3v) is 7.12. The van der Waals surface area contributed by atoms with Crippen LogP contribution in [0.5, 0.6) is 0 Å². The number of fused-ring (bicyclic) bond motifs is 2. The number of hydrogen-bond donors (Lipinski definition) is 1. The van der Waals surface area contributed by atoms with Crippen molar-refractivity contribution in [3.05, 3.63) is 76.2 Å². The van der Waals surface area contributed by atoms with Crippen molar-refractivity contribution in [1.29, 1.82) is 0 Å². The summed E-state index contributed by atoms with van der Waals surface area (Å²) in [6.45, 7) is 10.8. The molecule has 2 aliphatic rings. The van der Waals surface area contributed by atoms with Crippen LogP contribution in [-0.2, 0) is 24.9 Å². The van der Waals surface area contributed by atoms with Crippen LogP contribution in [0.15, 0.2) is 47.9 Å². The van der Waals surface area contributed by atoms with E-state index in [4.69, 9.17) is 4.98 Å². The molecule has 3 aromatic rings. The van der Waals surface area contributed by atoms with E-state index in [1.807, 2.05) is 6.20 Å². The predicted molar refractivity (Wildman–Crippen MR) is 140 cm³/mol. The summed E-state index contributed by atoms with van der Waals surface area (Å²) in [6.07, 6.45) is 7.62. The average molecular weight is 647 g/mol. The zero-order chi connectivity index (χ0) is 24.4. The predicted octanol–water partition coefficient (Wildman–Crippen LogP) is 8.10. The standard InChI is InChI=1S/C21H22N.C10H14O2.Ir/c1-13(2)17-6-7-19-20(11-17)16(5)12-22-21(19)18-9-14(3)8-15(4)10-18;11-8-5-1-3-7-4-2-6-9(12)10(7)8;/h6-9,11-13H,1-5H3;7,11H,1-6H2;/q-1;;. The molecule has 4 heteroatoms. The number of rotatable bonds is 2. The number of aliphatic hydroxyl groups is 1. The van der Waals surface area contributed by atoms with E-state index in [-0.39, 0.29) is 25.9 Å². The van der Waals surface area contributed by atoms with Crippen molar-refractivity contribution in [2.45, 2.75) is 79.1 Å². The molecule has 187 valence electrons. The number of aliphatic hydroxyl groups excluding tert-OH is 1. The molecule has 35 heavy (non-hydrogen) atoms. The van der Waals surface area contributed by atoms with Crippen LogP contribution >= 0.6 is 0 Å². The summed E-state index contributed by atoms with van der Waals surface area (Å²) in [7, 11) is 0. The molecule has 1 saturated carbocycles. The summed E-state index contributed by atoms with van der Waals surface area (Å²) in [5, 5.41) is 12.0. The van der Waals surface area contributed by atoms with Gasteiger partial charge in [0.2, 0.25) is 0 Å². The van der Waals surface area contributed by atoms with Gasteiger partial charge < -0.3 is 10.1 Å².